The Hall–Kier alpha value is -1.88. The van der Waals surface area contributed by atoms with Gasteiger partial charge in [-0.15, -0.1) is 16.4 Å². The highest BCUT2D eigenvalue weighted by Gasteiger charge is 2.08. The van der Waals surface area contributed by atoms with Crippen LogP contribution >= 0.6 is 11.3 Å². The zero-order valence-electron chi connectivity index (χ0n) is 8.71. The van der Waals surface area contributed by atoms with Crippen molar-refractivity contribution in [1.29, 1.82) is 0 Å². The maximum absolute atomic E-state index is 5.76. The van der Waals surface area contributed by atoms with Gasteiger partial charge in [-0.05, 0) is 6.92 Å². The number of hydrogen-bond donors (Lipinski definition) is 1. The molecule has 3 rings (SSSR count). The van der Waals surface area contributed by atoms with Gasteiger partial charge in [0.05, 0.1) is 0 Å². The minimum absolute atomic E-state index is 0.630. The molecule has 0 spiro atoms. The summed E-state index contributed by atoms with van der Waals surface area (Å²) in [5.41, 5.74) is 8.00. The summed E-state index contributed by atoms with van der Waals surface area (Å²) in [5, 5.41) is 6.20. The van der Waals surface area contributed by atoms with Crippen LogP contribution in [0.2, 0.25) is 0 Å². The van der Waals surface area contributed by atoms with Crippen LogP contribution < -0.4 is 5.73 Å². The summed E-state index contributed by atoms with van der Waals surface area (Å²) < 4.78 is 1.67. The number of aryl methyl sites for hydroxylation is 1. The normalized spacial score (nSPS) is 11.1. The number of nitrogens with zero attached hydrogens (tertiary/aromatic N) is 3. The number of nitrogen functional groups attached to an aromatic ring is 1. The van der Waals surface area contributed by atoms with Crippen molar-refractivity contribution < 1.29 is 0 Å². The van der Waals surface area contributed by atoms with Crippen LogP contribution in [0.1, 0.15) is 5.56 Å². The summed E-state index contributed by atoms with van der Waals surface area (Å²) in [5.74, 6) is 1.35. The standard InChI is InChI=1S/C11H10N4S/c1-7-2-4-8(5-3-7)10-13-11-15(14-10)9(12)6-16-11/h2-6H,12H2,1H3. The van der Waals surface area contributed by atoms with Crippen molar-refractivity contribution in [1.82, 2.24) is 14.6 Å². The van der Waals surface area contributed by atoms with Crippen molar-refractivity contribution in [2.45, 2.75) is 6.92 Å². The molecule has 0 atom stereocenters. The van der Waals surface area contributed by atoms with Gasteiger partial charge < -0.3 is 5.73 Å². The first-order valence-corrected chi connectivity index (χ1v) is 5.79. The second-order valence-electron chi connectivity index (χ2n) is 3.66. The van der Waals surface area contributed by atoms with E-state index in [1.54, 1.807) is 4.52 Å². The Kier molecular flexibility index (Phi) is 1.94. The molecule has 2 N–H and O–H groups in total. The summed E-state index contributed by atoms with van der Waals surface area (Å²) in [6.45, 7) is 2.06. The molecule has 0 radical (unpaired) electrons. The van der Waals surface area contributed by atoms with Crippen molar-refractivity contribution in [2.75, 3.05) is 5.73 Å². The molecule has 0 amide bonds. The highest BCUT2D eigenvalue weighted by Crippen LogP contribution is 2.21. The minimum atomic E-state index is 0.630. The maximum atomic E-state index is 5.76. The Balaban J connectivity index is 2.15. The first-order valence-electron chi connectivity index (χ1n) is 4.91. The summed E-state index contributed by atoms with van der Waals surface area (Å²) in [6.07, 6.45) is 0. The van der Waals surface area contributed by atoms with Crippen LogP contribution in [0.4, 0.5) is 5.82 Å². The van der Waals surface area contributed by atoms with Crippen molar-refractivity contribution in [3.63, 3.8) is 0 Å². The number of rotatable bonds is 1. The van der Waals surface area contributed by atoms with E-state index in [1.807, 2.05) is 29.6 Å². The third-order valence-electron chi connectivity index (χ3n) is 2.42. The molecule has 0 aliphatic heterocycles. The van der Waals surface area contributed by atoms with Gasteiger partial charge in [0.15, 0.2) is 5.82 Å². The fraction of sp³-hybridized carbons (Fsp3) is 0.0909. The molecule has 2 aromatic heterocycles. The average molecular weight is 230 g/mol. The molecule has 0 aliphatic carbocycles. The predicted octanol–water partition coefficient (Wildman–Crippen LogP) is 2.35. The van der Waals surface area contributed by atoms with Gasteiger partial charge in [0.25, 0.3) is 0 Å². The van der Waals surface area contributed by atoms with Crippen molar-refractivity contribution in [3.05, 3.63) is 35.2 Å². The highest BCUT2D eigenvalue weighted by molar-refractivity contribution is 7.15. The molecule has 3 aromatic rings. The van der Waals surface area contributed by atoms with E-state index < -0.39 is 0 Å². The third-order valence-corrected chi connectivity index (χ3v) is 3.25. The van der Waals surface area contributed by atoms with E-state index in [0.29, 0.717) is 5.82 Å². The number of fused-ring (bicyclic) bond motifs is 1. The lowest BCUT2D eigenvalue weighted by atomic mass is 10.1. The van der Waals surface area contributed by atoms with Gasteiger partial charge in [-0.25, -0.2) is 0 Å². The Labute approximate surface area is 96.4 Å². The van der Waals surface area contributed by atoms with Crippen molar-refractivity contribution >= 4 is 22.1 Å². The average Bonchev–Trinajstić information content (AvgIpc) is 2.83. The molecule has 1 aromatic carbocycles. The van der Waals surface area contributed by atoms with E-state index >= 15 is 0 Å². The quantitative estimate of drug-likeness (QED) is 0.698. The predicted molar refractivity (Wildman–Crippen MR) is 65.4 cm³/mol. The Morgan fingerprint density at radius 1 is 1.25 bits per heavy atom. The van der Waals surface area contributed by atoms with E-state index in [9.17, 15) is 0 Å². The first kappa shape index (κ1) is 9.35. The van der Waals surface area contributed by atoms with Crippen LogP contribution in [0.5, 0.6) is 0 Å². The van der Waals surface area contributed by atoms with Gasteiger partial charge >= 0.3 is 0 Å². The molecule has 0 bridgehead atoms. The van der Waals surface area contributed by atoms with Gasteiger partial charge in [0, 0.05) is 10.9 Å². The van der Waals surface area contributed by atoms with Gasteiger partial charge in [0.2, 0.25) is 4.96 Å². The Morgan fingerprint density at radius 2 is 2.00 bits per heavy atom. The molecular weight excluding hydrogens is 220 g/mol. The lowest BCUT2D eigenvalue weighted by Gasteiger charge is -1.95. The summed E-state index contributed by atoms with van der Waals surface area (Å²) in [7, 11) is 0. The van der Waals surface area contributed by atoms with E-state index in [-0.39, 0.29) is 0 Å². The van der Waals surface area contributed by atoms with Crippen LogP contribution in [0, 0.1) is 6.92 Å². The zero-order chi connectivity index (χ0) is 11.1. The molecule has 5 heteroatoms. The van der Waals surface area contributed by atoms with Crippen molar-refractivity contribution in [2.24, 2.45) is 0 Å². The molecule has 0 saturated heterocycles. The number of nitrogens with two attached hydrogens (primary N) is 1. The SMILES string of the molecule is Cc1ccc(-c2nc3scc(N)n3n2)cc1. The number of thiazole rings is 1. The summed E-state index contributed by atoms with van der Waals surface area (Å²) >= 11 is 1.50. The lowest BCUT2D eigenvalue weighted by molar-refractivity contribution is 0.993. The van der Waals surface area contributed by atoms with Gasteiger partial charge in [-0.1, -0.05) is 29.8 Å². The number of anilines is 1. The molecule has 0 saturated carbocycles. The van der Waals surface area contributed by atoms with Crippen LogP contribution in [-0.2, 0) is 0 Å². The van der Waals surface area contributed by atoms with Crippen LogP contribution in [0.15, 0.2) is 29.6 Å². The minimum Gasteiger partial charge on any atom is -0.383 e. The van der Waals surface area contributed by atoms with Gasteiger partial charge in [-0.3, -0.25) is 0 Å². The number of hydrogen-bond acceptors (Lipinski definition) is 4. The molecule has 80 valence electrons. The molecular formula is C11H10N4S. The second-order valence-corrected chi connectivity index (χ2v) is 4.49. The highest BCUT2D eigenvalue weighted by atomic mass is 32.1. The van der Waals surface area contributed by atoms with Crippen molar-refractivity contribution in [3.8, 4) is 11.4 Å². The van der Waals surface area contributed by atoms with Crippen LogP contribution in [-0.4, -0.2) is 14.6 Å². The van der Waals surface area contributed by atoms with E-state index in [4.69, 9.17) is 5.73 Å². The molecule has 4 nitrogen and oxygen atoms in total. The topological polar surface area (TPSA) is 56.2 Å². The van der Waals surface area contributed by atoms with E-state index in [1.165, 1.54) is 16.9 Å². The van der Waals surface area contributed by atoms with E-state index in [0.717, 1.165) is 16.3 Å². The molecule has 0 fully saturated rings. The maximum Gasteiger partial charge on any atom is 0.214 e. The molecule has 0 unspecified atom stereocenters. The Morgan fingerprint density at radius 3 is 2.69 bits per heavy atom. The molecule has 16 heavy (non-hydrogen) atoms. The van der Waals surface area contributed by atoms with Crippen LogP contribution in [0.3, 0.4) is 0 Å². The van der Waals surface area contributed by atoms with Crippen LogP contribution in [0.25, 0.3) is 16.3 Å². The summed E-state index contributed by atoms with van der Waals surface area (Å²) in [4.78, 5) is 5.25. The lowest BCUT2D eigenvalue weighted by Crippen LogP contribution is -1.92. The largest absolute Gasteiger partial charge is 0.383 e. The molecule has 2 heterocycles. The summed E-state index contributed by atoms with van der Waals surface area (Å²) in [6, 6.07) is 8.14. The molecule has 0 aliphatic rings. The fourth-order valence-corrected chi connectivity index (χ4v) is 2.24. The van der Waals surface area contributed by atoms with Gasteiger partial charge in [-0.2, -0.15) is 9.50 Å². The smallest absolute Gasteiger partial charge is 0.214 e. The Bertz CT molecular complexity index is 636. The number of aromatic nitrogens is 3. The monoisotopic (exact) mass is 230 g/mol. The second kappa shape index (κ2) is 3.31. The third kappa shape index (κ3) is 1.37. The van der Waals surface area contributed by atoms with Gasteiger partial charge in [0.1, 0.15) is 5.82 Å². The first-order chi connectivity index (χ1) is 7.74. The zero-order valence-corrected chi connectivity index (χ0v) is 9.53. The fourth-order valence-electron chi connectivity index (χ4n) is 1.53. The van der Waals surface area contributed by atoms with E-state index in [2.05, 4.69) is 17.0 Å². The number of benzene rings is 1.